The van der Waals surface area contributed by atoms with Crippen molar-refractivity contribution in [2.45, 2.75) is 68.4 Å². The first kappa shape index (κ1) is 23.0. The molecule has 0 atom stereocenters. The molecular formula is C23H27N3O6S. The summed E-state index contributed by atoms with van der Waals surface area (Å²) in [5.41, 5.74) is 0.818. The Morgan fingerprint density at radius 1 is 1.12 bits per heavy atom. The number of anilines is 1. The summed E-state index contributed by atoms with van der Waals surface area (Å²) in [6.07, 6.45) is 5.10. The number of amides is 2. The molecule has 4 rings (SSSR count). The molecule has 2 fully saturated rings. The topological polar surface area (TPSA) is 135 Å². The van der Waals surface area contributed by atoms with Crippen LogP contribution in [0.25, 0.3) is 0 Å². The van der Waals surface area contributed by atoms with E-state index in [2.05, 4.69) is 15.8 Å². The lowest BCUT2D eigenvalue weighted by molar-refractivity contribution is -0.128. The third-order valence-electron chi connectivity index (χ3n) is 6.10. The number of carboxylic acid groups (broad SMARTS) is 1. The number of carbonyl (C=O) groups is 2. The molecule has 1 aromatic carbocycles. The van der Waals surface area contributed by atoms with Crippen molar-refractivity contribution < 1.29 is 27.9 Å². The Labute approximate surface area is 192 Å². The SMILES string of the molecule is Cc1ccc(C2CCCCC2)c(OC2(C(=O)NS(=O)(=O)c3cccc(NC(=O)O)n3)CC2)c1. The van der Waals surface area contributed by atoms with Crippen LogP contribution >= 0.6 is 0 Å². The van der Waals surface area contributed by atoms with E-state index < -0.39 is 32.7 Å². The summed E-state index contributed by atoms with van der Waals surface area (Å²) in [6, 6.07) is 9.83. The van der Waals surface area contributed by atoms with Crippen molar-refractivity contribution in [3.8, 4) is 5.75 Å². The van der Waals surface area contributed by atoms with E-state index in [1.165, 1.54) is 24.6 Å². The summed E-state index contributed by atoms with van der Waals surface area (Å²) in [5, 5.41) is 10.3. The number of sulfonamides is 1. The smallest absolute Gasteiger partial charge is 0.410 e. The van der Waals surface area contributed by atoms with Crippen LogP contribution < -0.4 is 14.8 Å². The third-order valence-corrected chi connectivity index (χ3v) is 7.33. The van der Waals surface area contributed by atoms with E-state index in [-0.39, 0.29) is 5.82 Å². The Hall–Kier alpha value is -3.14. The Bertz CT molecular complexity index is 1170. The predicted octanol–water partition coefficient (Wildman–Crippen LogP) is 3.94. The largest absolute Gasteiger partial charge is 0.477 e. The van der Waals surface area contributed by atoms with Crippen LogP contribution in [0.3, 0.4) is 0 Å². The Morgan fingerprint density at radius 3 is 2.52 bits per heavy atom. The highest BCUT2D eigenvalue weighted by Crippen LogP contribution is 2.45. The minimum absolute atomic E-state index is 0.160. The van der Waals surface area contributed by atoms with Crippen LogP contribution in [0.1, 0.15) is 62.0 Å². The van der Waals surface area contributed by atoms with Gasteiger partial charge < -0.3 is 9.84 Å². The molecule has 0 spiro atoms. The first-order valence-corrected chi connectivity index (χ1v) is 12.5. The molecule has 2 aliphatic carbocycles. The number of hydrogen-bond donors (Lipinski definition) is 3. The maximum atomic E-state index is 13.0. The lowest BCUT2D eigenvalue weighted by atomic mass is 9.83. The van der Waals surface area contributed by atoms with Gasteiger partial charge in [0, 0.05) is 12.8 Å². The van der Waals surface area contributed by atoms with E-state index in [1.54, 1.807) is 0 Å². The van der Waals surface area contributed by atoms with Crippen molar-refractivity contribution in [3.63, 3.8) is 0 Å². The number of nitrogens with one attached hydrogen (secondary N) is 2. The molecule has 0 radical (unpaired) electrons. The maximum Gasteiger partial charge on any atom is 0.410 e. The van der Waals surface area contributed by atoms with Crippen LogP contribution in [-0.2, 0) is 14.8 Å². The molecule has 10 heteroatoms. The molecule has 0 unspecified atom stereocenters. The van der Waals surface area contributed by atoms with Crippen LogP contribution in [0.5, 0.6) is 5.75 Å². The van der Waals surface area contributed by atoms with Gasteiger partial charge in [-0.3, -0.25) is 10.1 Å². The normalized spacial score (nSPS) is 17.7. The van der Waals surface area contributed by atoms with E-state index in [0.717, 1.165) is 36.8 Å². The van der Waals surface area contributed by atoms with Gasteiger partial charge in [0.05, 0.1) is 0 Å². The highest BCUT2D eigenvalue weighted by Gasteiger charge is 2.54. The predicted molar refractivity (Wildman–Crippen MR) is 121 cm³/mol. The van der Waals surface area contributed by atoms with Gasteiger partial charge in [-0.05, 0) is 55.0 Å². The second-order valence-electron chi connectivity index (χ2n) is 8.70. The first-order chi connectivity index (χ1) is 15.7. The van der Waals surface area contributed by atoms with Crippen molar-refractivity contribution >= 4 is 27.8 Å². The number of rotatable bonds is 7. The van der Waals surface area contributed by atoms with Gasteiger partial charge in [-0.15, -0.1) is 0 Å². The van der Waals surface area contributed by atoms with Gasteiger partial charge in [0.2, 0.25) is 0 Å². The molecule has 176 valence electrons. The number of pyridine rings is 1. The summed E-state index contributed by atoms with van der Waals surface area (Å²) in [6.45, 7) is 1.95. The highest BCUT2D eigenvalue weighted by molar-refractivity contribution is 7.90. The minimum atomic E-state index is -4.32. The van der Waals surface area contributed by atoms with E-state index in [1.807, 2.05) is 24.4 Å². The van der Waals surface area contributed by atoms with Crippen LogP contribution in [0, 0.1) is 6.92 Å². The minimum Gasteiger partial charge on any atom is -0.477 e. The second-order valence-corrected chi connectivity index (χ2v) is 10.3. The lowest BCUT2D eigenvalue weighted by Crippen LogP contribution is -2.43. The van der Waals surface area contributed by atoms with Gasteiger partial charge in [0.1, 0.15) is 11.6 Å². The lowest BCUT2D eigenvalue weighted by Gasteiger charge is -2.26. The first-order valence-electron chi connectivity index (χ1n) is 11.0. The summed E-state index contributed by atoms with van der Waals surface area (Å²) < 4.78 is 33.8. The van der Waals surface area contributed by atoms with Crippen molar-refractivity contribution in [1.82, 2.24) is 9.71 Å². The molecule has 0 bridgehead atoms. The van der Waals surface area contributed by atoms with E-state index in [0.29, 0.717) is 24.5 Å². The summed E-state index contributed by atoms with van der Waals surface area (Å²) >= 11 is 0. The van der Waals surface area contributed by atoms with Crippen LogP contribution in [0.2, 0.25) is 0 Å². The van der Waals surface area contributed by atoms with Crippen molar-refractivity contribution in [2.75, 3.05) is 5.32 Å². The molecule has 2 aliphatic rings. The van der Waals surface area contributed by atoms with E-state index >= 15 is 0 Å². The summed E-state index contributed by atoms with van der Waals surface area (Å²) in [5.74, 6) is 0.0902. The standard InChI is InChI=1S/C23H27N3O6S/c1-15-10-11-17(16-6-3-2-4-7-16)18(14-15)32-23(12-13-23)21(27)26-33(30,31)20-9-5-8-19(24-20)25-22(28)29/h5,8-11,14,16H,2-4,6-7,12-13H2,1H3,(H,24,25)(H,26,27)(H,28,29). The molecule has 3 N–H and O–H groups in total. The highest BCUT2D eigenvalue weighted by atomic mass is 32.2. The van der Waals surface area contributed by atoms with E-state index in [4.69, 9.17) is 9.84 Å². The van der Waals surface area contributed by atoms with Gasteiger partial charge in [-0.1, -0.05) is 37.5 Å². The van der Waals surface area contributed by atoms with Gasteiger partial charge in [-0.25, -0.2) is 14.5 Å². The summed E-state index contributed by atoms with van der Waals surface area (Å²) in [7, 11) is -4.32. The Morgan fingerprint density at radius 2 is 1.85 bits per heavy atom. The number of aromatic nitrogens is 1. The molecule has 2 saturated carbocycles. The molecule has 1 heterocycles. The average molecular weight is 474 g/mol. The quantitative estimate of drug-likeness (QED) is 0.554. The summed E-state index contributed by atoms with van der Waals surface area (Å²) in [4.78, 5) is 27.6. The number of hydrogen-bond acceptors (Lipinski definition) is 6. The molecule has 33 heavy (non-hydrogen) atoms. The van der Waals surface area contributed by atoms with Crippen LogP contribution in [-0.4, -0.2) is 36.1 Å². The molecular weight excluding hydrogens is 446 g/mol. The zero-order valence-electron chi connectivity index (χ0n) is 18.3. The fourth-order valence-corrected chi connectivity index (χ4v) is 5.20. The monoisotopic (exact) mass is 473 g/mol. The zero-order chi connectivity index (χ0) is 23.6. The number of nitrogens with zero attached hydrogens (tertiary/aromatic N) is 1. The number of ether oxygens (including phenoxy) is 1. The molecule has 9 nitrogen and oxygen atoms in total. The molecule has 2 aromatic rings. The molecule has 2 amide bonds. The van der Waals surface area contributed by atoms with Crippen LogP contribution in [0.4, 0.5) is 10.6 Å². The van der Waals surface area contributed by atoms with Gasteiger partial charge in [0.25, 0.3) is 15.9 Å². The average Bonchev–Trinajstić information content (AvgIpc) is 3.55. The number of benzene rings is 1. The van der Waals surface area contributed by atoms with Crippen molar-refractivity contribution in [2.24, 2.45) is 0 Å². The van der Waals surface area contributed by atoms with Gasteiger partial charge in [0.15, 0.2) is 10.6 Å². The fraction of sp³-hybridized carbons (Fsp3) is 0.435. The Kier molecular flexibility index (Phi) is 6.29. The number of carbonyl (C=O) groups excluding carboxylic acids is 1. The third kappa shape index (κ3) is 5.27. The Balaban J connectivity index is 1.53. The molecule has 1 aromatic heterocycles. The van der Waals surface area contributed by atoms with Crippen molar-refractivity contribution in [3.05, 3.63) is 47.5 Å². The van der Waals surface area contributed by atoms with E-state index in [9.17, 15) is 18.0 Å². The van der Waals surface area contributed by atoms with Crippen molar-refractivity contribution in [1.29, 1.82) is 0 Å². The molecule has 0 aliphatic heterocycles. The second kappa shape index (κ2) is 9.01. The van der Waals surface area contributed by atoms with Gasteiger partial charge in [-0.2, -0.15) is 8.42 Å². The van der Waals surface area contributed by atoms with Crippen LogP contribution in [0.15, 0.2) is 41.4 Å². The fourth-order valence-electron chi connectivity index (χ4n) is 4.19. The zero-order valence-corrected chi connectivity index (χ0v) is 19.2. The molecule has 0 saturated heterocycles. The maximum absolute atomic E-state index is 13.0. The van der Waals surface area contributed by atoms with Gasteiger partial charge >= 0.3 is 6.09 Å². The number of aryl methyl sites for hydroxylation is 1.